The second-order valence-corrected chi connectivity index (χ2v) is 11.0. The van der Waals surface area contributed by atoms with Gasteiger partial charge in [0.05, 0.1) is 5.41 Å². The van der Waals surface area contributed by atoms with Crippen LogP contribution in [0.4, 0.5) is 0 Å². The molecular weight excluding hydrogens is 340 g/mol. The molecule has 6 fully saturated rings. The van der Waals surface area contributed by atoms with E-state index in [1.165, 1.54) is 19.3 Å². The first kappa shape index (κ1) is 18.0. The quantitative estimate of drug-likeness (QED) is 0.747. The molecule has 4 saturated carbocycles. The van der Waals surface area contributed by atoms with Gasteiger partial charge in [0.1, 0.15) is 6.10 Å². The van der Waals surface area contributed by atoms with Crippen molar-refractivity contribution in [1.29, 1.82) is 0 Å². The van der Waals surface area contributed by atoms with E-state index in [9.17, 15) is 9.59 Å². The third kappa shape index (κ3) is 2.92. The third-order valence-corrected chi connectivity index (χ3v) is 8.16. The Kier molecular flexibility index (Phi) is 3.96. The Morgan fingerprint density at radius 2 is 1.52 bits per heavy atom. The van der Waals surface area contributed by atoms with Crippen molar-refractivity contribution in [3.05, 3.63) is 0 Å². The first-order valence-electron chi connectivity index (χ1n) is 11.0. The summed E-state index contributed by atoms with van der Waals surface area (Å²) in [5.41, 5.74) is 0.604. The minimum Gasteiger partial charge on any atom is -0.368 e. The molecule has 0 aromatic carbocycles. The zero-order valence-electron chi connectivity index (χ0n) is 17.0. The van der Waals surface area contributed by atoms with Crippen LogP contribution in [0.25, 0.3) is 0 Å². The van der Waals surface area contributed by atoms with Crippen LogP contribution in [0.1, 0.15) is 65.2 Å². The van der Waals surface area contributed by atoms with E-state index >= 15 is 0 Å². The Morgan fingerprint density at radius 1 is 0.889 bits per heavy atom. The van der Waals surface area contributed by atoms with Gasteiger partial charge in [-0.2, -0.15) is 0 Å². The van der Waals surface area contributed by atoms with Crippen LogP contribution in [0.5, 0.6) is 0 Å². The van der Waals surface area contributed by atoms with Crippen LogP contribution in [-0.2, 0) is 14.3 Å². The number of hydrogen-bond donors (Lipinski definition) is 0. The van der Waals surface area contributed by atoms with Crippen molar-refractivity contribution in [2.24, 2.45) is 22.2 Å². The lowest BCUT2D eigenvalue weighted by atomic mass is 9.40. The number of hydrogen-bond acceptors (Lipinski definition) is 3. The molecule has 0 unspecified atom stereocenters. The van der Waals surface area contributed by atoms with Crippen molar-refractivity contribution < 1.29 is 14.3 Å². The second kappa shape index (κ2) is 5.95. The van der Waals surface area contributed by atoms with Gasteiger partial charge in [0, 0.05) is 32.8 Å². The molecule has 0 spiro atoms. The van der Waals surface area contributed by atoms with Crippen LogP contribution in [0.15, 0.2) is 0 Å². The summed E-state index contributed by atoms with van der Waals surface area (Å²) >= 11 is 0. The molecule has 2 saturated heterocycles. The van der Waals surface area contributed by atoms with Crippen molar-refractivity contribution in [3.8, 4) is 0 Å². The van der Waals surface area contributed by atoms with Gasteiger partial charge in [-0.25, -0.2) is 0 Å². The van der Waals surface area contributed by atoms with E-state index in [0.29, 0.717) is 49.5 Å². The van der Waals surface area contributed by atoms with Gasteiger partial charge in [-0.15, -0.1) is 0 Å². The van der Waals surface area contributed by atoms with Crippen molar-refractivity contribution in [3.63, 3.8) is 0 Å². The first-order valence-corrected chi connectivity index (χ1v) is 11.0. The molecule has 5 nitrogen and oxygen atoms in total. The summed E-state index contributed by atoms with van der Waals surface area (Å²) in [6, 6.07) is 0. The van der Waals surface area contributed by atoms with Gasteiger partial charge in [0.15, 0.2) is 0 Å². The summed E-state index contributed by atoms with van der Waals surface area (Å²) in [5.74, 6) is 1.27. The number of ether oxygens (including phenoxy) is 1. The maximum absolute atomic E-state index is 13.7. The van der Waals surface area contributed by atoms with Crippen LogP contribution >= 0.6 is 0 Å². The molecule has 0 radical (unpaired) electrons. The van der Waals surface area contributed by atoms with Crippen LogP contribution < -0.4 is 0 Å². The Balaban J connectivity index is 1.26. The fourth-order valence-electron chi connectivity index (χ4n) is 8.13. The van der Waals surface area contributed by atoms with Gasteiger partial charge in [-0.05, 0) is 68.1 Å². The minimum atomic E-state index is -0.240. The molecule has 3 atom stereocenters. The molecule has 2 heterocycles. The molecule has 27 heavy (non-hydrogen) atoms. The lowest BCUT2D eigenvalue weighted by Crippen LogP contribution is -2.62. The molecule has 4 bridgehead atoms. The van der Waals surface area contributed by atoms with Crippen LogP contribution in [0.3, 0.4) is 0 Å². The highest BCUT2D eigenvalue weighted by molar-refractivity contribution is 5.85. The first-order chi connectivity index (χ1) is 12.8. The van der Waals surface area contributed by atoms with E-state index in [0.717, 1.165) is 38.0 Å². The highest BCUT2D eigenvalue weighted by Gasteiger charge is 2.63. The average Bonchev–Trinajstić information content (AvgIpc) is 3.12. The SMILES string of the molecule is C[C@@]12CC3CC(C(=O)N4CCN(C(=O)[C@@H]5CCCO5)CC4)(C1)C[C@@](C)(C3)C2. The summed E-state index contributed by atoms with van der Waals surface area (Å²) in [5, 5.41) is 0. The van der Waals surface area contributed by atoms with Gasteiger partial charge in [-0.1, -0.05) is 13.8 Å². The smallest absolute Gasteiger partial charge is 0.251 e. The predicted molar refractivity (Wildman–Crippen MR) is 102 cm³/mol. The topological polar surface area (TPSA) is 49.9 Å². The maximum atomic E-state index is 13.7. The summed E-state index contributed by atoms with van der Waals surface area (Å²) in [6.45, 7) is 8.27. The standard InChI is InChI=1S/C22H34N2O3/c1-20-10-16-11-21(2,13-20)15-22(12-16,14-20)19(26)24-7-5-23(6-8-24)18(25)17-4-3-9-27-17/h16-17H,3-15H2,1-2H3/t16?,17-,20-,21-,22?/m0/s1. The van der Waals surface area contributed by atoms with E-state index in [1.54, 1.807) is 0 Å². The van der Waals surface area contributed by atoms with Gasteiger partial charge < -0.3 is 14.5 Å². The second-order valence-electron chi connectivity index (χ2n) is 11.0. The third-order valence-electron chi connectivity index (χ3n) is 8.16. The van der Waals surface area contributed by atoms with E-state index in [1.807, 2.05) is 4.90 Å². The fraction of sp³-hybridized carbons (Fsp3) is 0.909. The van der Waals surface area contributed by atoms with Crippen LogP contribution in [-0.4, -0.2) is 60.5 Å². The average molecular weight is 375 g/mol. The van der Waals surface area contributed by atoms with Gasteiger partial charge in [0.25, 0.3) is 5.91 Å². The zero-order chi connectivity index (χ0) is 18.9. The number of nitrogens with zero attached hydrogens (tertiary/aromatic N) is 2. The summed E-state index contributed by atoms with van der Waals surface area (Å²) < 4.78 is 5.56. The fourth-order valence-corrected chi connectivity index (χ4v) is 8.13. The molecule has 2 amide bonds. The lowest BCUT2D eigenvalue weighted by molar-refractivity contribution is -0.181. The Morgan fingerprint density at radius 3 is 2.07 bits per heavy atom. The molecular formula is C22H34N2O3. The zero-order valence-corrected chi connectivity index (χ0v) is 17.0. The molecule has 6 aliphatic rings. The van der Waals surface area contributed by atoms with Crippen molar-refractivity contribution >= 4 is 11.8 Å². The monoisotopic (exact) mass is 374 g/mol. The van der Waals surface area contributed by atoms with Crippen molar-refractivity contribution in [2.45, 2.75) is 71.3 Å². The number of amides is 2. The van der Waals surface area contributed by atoms with E-state index in [2.05, 4.69) is 18.7 Å². The summed E-state index contributed by atoms with van der Waals surface area (Å²) in [4.78, 5) is 30.2. The van der Waals surface area contributed by atoms with E-state index in [4.69, 9.17) is 4.74 Å². The number of carbonyl (C=O) groups excluding carboxylic acids is 2. The van der Waals surface area contributed by atoms with Gasteiger partial charge in [-0.3, -0.25) is 9.59 Å². The van der Waals surface area contributed by atoms with E-state index in [-0.39, 0.29) is 17.4 Å². The summed E-state index contributed by atoms with van der Waals surface area (Å²) in [7, 11) is 0. The molecule has 2 aliphatic heterocycles. The minimum absolute atomic E-state index is 0.121. The molecule has 5 heteroatoms. The number of piperazine rings is 1. The Hall–Kier alpha value is -1.10. The van der Waals surface area contributed by atoms with Gasteiger partial charge >= 0.3 is 0 Å². The molecule has 150 valence electrons. The van der Waals surface area contributed by atoms with Gasteiger partial charge in [0.2, 0.25) is 5.91 Å². The molecule has 4 aliphatic carbocycles. The van der Waals surface area contributed by atoms with Crippen molar-refractivity contribution in [1.82, 2.24) is 9.80 Å². The van der Waals surface area contributed by atoms with Crippen molar-refractivity contribution in [2.75, 3.05) is 32.8 Å². The normalized spacial score (nSPS) is 46.1. The molecule has 0 N–H and O–H groups in total. The Bertz CT molecular complexity index is 630. The Labute approximate surface area is 162 Å². The predicted octanol–water partition coefficient (Wildman–Crippen LogP) is 2.83. The van der Waals surface area contributed by atoms with Crippen LogP contribution in [0, 0.1) is 22.2 Å². The lowest BCUT2D eigenvalue weighted by Gasteiger charge is -2.65. The number of carbonyl (C=O) groups is 2. The largest absolute Gasteiger partial charge is 0.368 e. The highest BCUT2D eigenvalue weighted by atomic mass is 16.5. The number of rotatable bonds is 2. The maximum Gasteiger partial charge on any atom is 0.251 e. The summed E-state index contributed by atoms with van der Waals surface area (Å²) in [6.07, 6.45) is 8.80. The highest BCUT2D eigenvalue weighted by Crippen LogP contribution is 2.69. The molecule has 0 aromatic heterocycles. The molecule has 0 aromatic rings. The van der Waals surface area contributed by atoms with E-state index < -0.39 is 0 Å². The van der Waals surface area contributed by atoms with Crippen LogP contribution in [0.2, 0.25) is 0 Å². The molecule has 6 rings (SSSR count).